The number of aromatic amines is 1. The molecule has 1 aliphatic rings. The molecule has 1 saturated heterocycles. The second-order valence-electron chi connectivity index (χ2n) is 5.30. The average molecular weight is 310 g/mol. The van der Waals surface area contributed by atoms with Gasteiger partial charge in [-0.15, -0.1) is 0 Å². The van der Waals surface area contributed by atoms with Crippen molar-refractivity contribution in [3.05, 3.63) is 22.1 Å². The molecule has 120 valence electrons. The Kier molecular flexibility index (Phi) is 3.87. The van der Waals surface area contributed by atoms with Crippen LogP contribution in [0.3, 0.4) is 0 Å². The minimum Gasteiger partial charge on any atom is -0.395 e. The number of nitrogen functional groups attached to an aromatic ring is 1. The number of ether oxygens (including phenoxy) is 1. The molecule has 0 spiro atoms. The van der Waals surface area contributed by atoms with E-state index in [9.17, 15) is 15.0 Å². The molecule has 3 rings (SSSR count). The van der Waals surface area contributed by atoms with Gasteiger partial charge in [-0.05, 0) is 0 Å². The second kappa shape index (κ2) is 5.69. The highest BCUT2D eigenvalue weighted by atomic mass is 16.5. The summed E-state index contributed by atoms with van der Waals surface area (Å²) in [5, 5.41) is 28.2. The van der Waals surface area contributed by atoms with Gasteiger partial charge in [0, 0.05) is 24.7 Å². The predicted octanol–water partition coefficient (Wildman–Crippen LogP) is -1.52. The molecule has 9 heteroatoms. The summed E-state index contributed by atoms with van der Waals surface area (Å²) in [6.07, 6.45) is 0.00634. The first-order valence-corrected chi connectivity index (χ1v) is 6.99. The topological polar surface area (TPSA) is 147 Å². The van der Waals surface area contributed by atoms with Crippen LogP contribution in [0.1, 0.15) is 18.1 Å². The lowest BCUT2D eigenvalue weighted by Crippen LogP contribution is -2.24. The Hall–Kier alpha value is -1.94. The first-order valence-electron chi connectivity index (χ1n) is 6.99. The highest BCUT2D eigenvalue weighted by Gasteiger charge is 2.36. The quantitative estimate of drug-likeness (QED) is 0.461. The Bertz CT molecular complexity index is 740. The molecule has 22 heavy (non-hydrogen) atoms. The van der Waals surface area contributed by atoms with E-state index in [1.54, 1.807) is 10.8 Å². The van der Waals surface area contributed by atoms with Gasteiger partial charge in [0.15, 0.2) is 0 Å². The lowest BCUT2D eigenvalue weighted by molar-refractivity contribution is -0.0222. The molecule has 9 nitrogen and oxygen atoms in total. The van der Waals surface area contributed by atoms with Crippen molar-refractivity contribution in [2.45, 2.75) is 31.3 Å². The number of H-pyrrole nitrogens is 1. The maximum Gasteiger partial charge on any atom is 0.276 e. The zero-order chi connectivity index (χ0) is 15.9. The SMILES string of the molecule is Nc1nc2c([C@H]3C[C@H](O)[C@@H](CO)O3)cn(CCO)c2c(=O)[nH]1. The Labute approximate surface area is 125 Å². The van der Waals surface area contributed by atoms with E-state index in [1.807, 2.05) is 0 Å². The molecule has 0 aromatic carbocycles. The Balaban J connectivity index is 2.12. The van der Waals surface area contributed by atoms with Crippen LogP contribution in [0, 0.1) is 0 Å². The summed E-state index contributed by atoms with van der Waals surface area (Å²) in [5.74, 6) is -0.0160. The van der Waals surface area contributed by atoms with E-state index in [-0.39, 0.29) is 32.1 Å². The van der Waals surface area contributed by atoms with E-state index in [2.05, 4.69) is 9.97 Å². The van der Waals surface area contributed by atoms with Crippen molar-refractivity contribution in [2.24, 2.45) is 0 Å². The number of hydrogen-bond acceptors (Lipinski definition) is 7. The van der Waals surface area contributed by atoms with E-state index in [0.29, 0.717) is 16.6 Å². The van der Waals surface area contributed by atoms with Crippen molar-refractivity contribution in [2.75, 3.05) is 18.9 Å². The number of aromatic nitrogens is 3. The van der Waals surface area contributed by atoms with E-state index >= 15 is 0 Å². The number of anilines is 1. The highest BCUT2D eigenvalue weighted by Crippen LogP contribution is 2.36. The van der Waals surface area contributed by atoms with Crippen LogP contribution in [-0.4, -0.2) is 55.3 Å². The number of nitrogens with one attached hydrogen (secondary N) is 1. The van der Waals surface area contributed by atoms with Gasteiger partial charge in [0.05, 0.1) is 25.4 Å². The van der Waals surface area contributed by atoms with Crippen LogP contribution in [0.15, 0.2) is 11.0 Å². The zero-order valence-electron chi connectivity index (χ0n) is 11.8. The van der Waals surface area contributed by atoms with Gasteiger partial charge in [-0.3, -0.25) is 9.78 Å². The van der Waals surface area contributed by atoms with Crippen LogP contribution in [0.4, 0.5) is 5.95 Å². The minimum atomic E-state index is -0.786. The number of fused-ring (bicyclic) bond motifs is 1. The lowest BCUT2D eigenvalue weighted by atomic mass is 10.1. The third-order valence-electron chi connectivity index (χ3n) is 3.86. The molecule has 2 aromatic rings. The third-order valence-corrected chi connectivity index (χ3v) is 3.86. The number of nitrogens with two attached hydrogens (primary N) is 1. The van der Waals surface area contributed by atoms with E-state index in [1.165, 1.54) is 0 Å². The van der Waals surface area contributed by atoms with E-state index in [4.69, 9.17) is 15.6 Å². The van der Waals surface area contributed by atoms with Gasteiger partial charge in [-0.25, -0.2) is 4.98 Å². The minimum absolute atomic E-state index is 0.0160. The van der Waals surface area contributed by atoms with Gasteiger partial charge in [-0.2, -0.15) is 0 Å². The number of rotatable bonds is 4. The fourth-order valence-electron chi connectivity index (χ4n) is 2.86. The van der Waals surface area contributed by atoms with Crippen LogP contribution < -0.4 is 11.3 Å². The first-order chi connectivity index (χ1) is 10.5. The molecule has 0 bridgehead atoms. The Morgan fingerprint density at radius 3 is 2.91 bits per heavy atom. The van der Waals surface area contributed by atoms with Crippen LogP contribution >= 0.6 is 0 Å². The monoisotopic (exact) mass is 310 g/mol. The lowest BCUT2D eigenvalue weighted by Gasteiger charge is -2.11. The molecule has 1 fully saturated rings. The summed E-state index contributed by atoms with van der Waals surface area (Å²) in [7, 11) is 0. The van der Waals surface area contributed by atoms with Crippen molar-refractivity contribution < 1.29 is 20.1 Å². The summed E-state index contributed by atoms with van der Waals surface area (Å²) >= 11 is 0. The first kappa shape index (κ1) is 15.0. The van der Waals surface area contributed by atoms with Gasteiger partial charge in [0.1, 0.15) is 17.1 Å². The van der Waals surface area contributed by atoms with Crippen molar-refractivity contribution in [3.8, 4) is 0 Å². The number of aliphatic hydroxyl groups is 3. The van der Waals surface area contributed by atoms with Gasteiger partial charge in [0.25, 0.3) is 5.56 Å². The largest absolute Gasteiger partial charge is 0.395 e. The smallest absolute Gasteiger partial charge is 0.276 e. The van der Waals surface area contributed by atoms with E-state index < -0.39 is 23.9 Å². The molecule has 6 N–H and O–H groups in total. The van der Waals surface area contributed by atoms with Crippen LogP contribution in [-0.2, 0) is 11.3 Å². The molecule has 0 radical (unpaired) electrons. The van der Waals surface area contributed by atoms with Crippen molar-refractivity contribution in [1.29, 1.82) is 0 Å². The van der Waals surface area contributed by atoms with Crippen LogP contribution in [0.2, 0.25) is 0 Å². The van der Waals surface area contributed by atoms with E-state index in [0.717, 1.165) is 0 Å². The molecule has 0 saturated carbocycles. The maximum atomic E-state index is 12.1. The average Bonchev–Trinajstić information content (AvgIpc) is 3.00. The van der Waals surface area contributed by atoms with Gasteiger partial charge in [-0.1, -0.05) is 0 Å². The zero-order valence-corrected chi connectivity index (χ0v) is 11.8. The second-order valence-corrected chi connectivity index (χ2v) is 5.30. The van der Waals surface area contributed by atoms with Crippen molar-refractivity contribution in [3.63, 3.8) is 0 Å². The summed E-state index contributed by atoms with van der Waals surface area (Å²) in [6.45, 7) is -0.201. The molecule has 3 atom stereocenters. The van der Waals surface area contributed by atoms with Gasteiger partial charge < -0.3 is 30.4 Å². The maximum absolute atomic E-state index is 12.1. The number of nitrogens with zero attached hydrogens (tertiary/aromatic N) is 2. The van der Waals surface area contributed by atoms with Crippen LogP contribution in [0.25, 0.3) is 11.0 Å². The summed E-state index contributed by atoms with van der Waals surface area (Å²) in [4.78, 5) is 18.7. The summed E-state index contributed by atoms with van der Waals surface area (Å²) < 4.78 is 7.20. The normalized spacial score (nSPS) is 25.1. The molecule has 2 aromatic heterocycles. The number of hydrogen-bond donors (Lipinski definition) is 5. The predicted molar refractivity (Wildman–Crippen MR) is 77.2 cm³/mol. The Morgan fingerprint density at radius 2 is 2.27 bits per heavy atom. The molecule has 3 heterocycles. The Morgan fingerprint density at radius 1 is 1.50 bits per heavy atom. The molecule has 0 unspecified atom stereocenters. The van der Waals surface area contributed by atoms with Crippen molar-refractivity contribution in [1.82, 2.24) is 14.5 Å². The number of aliphatic hydroxyl groups excluding tert-OH is 3. The van der Waals surface area contributed by atoms with Crippen LogP contribution in [0.5, 0.6) is 0 Å². The standard InChI is InChI=1S/C13H18N4O5/c14-13-15-10-6(8-3-7(20)9(5-19)22-8)4-17(1-2-18)11(10)12(21)16-13/h4,7-9,18-20H,1-3,5H2,(H3,14,15,16,21)/t7-,8+,9+/m0/s1. The van der Waals surface area contributed by atoms with Gasteiger partial charge in [0.2, 0.25) is 5.95 Å². The third kappa shape index (κ3) is 2.37. The molecule has 1 aliphatic heterocycles. The molecular weight excluding hydrogens is 292 g/mol. The van der Waals surface area contributed by atoms with Crippen molar-refractivity contribution >= 4 is 17.0 Å². The van der Waals surface area contributed by atoms with Gasteiger partial charge >= 0.3 is 0 Å². The summed E-state index contributed by atoms with van der Waals surface area (Å²) in [6, 6.07) is 0. The molecule has 0 aliphatic carbocycles. The molecular formula is C13H18N4O5. The summed E-state index contributed by atoms with van der Waals surface area (Å²) in [5.41, 5.74) is 6.48. The fraction of sp³-hybridized carbons (Fsp3) is 0.538. The fourth-order valence-corrected chi connectivity index (χ4v) is 2.86. The molecule has 0 amide bonds. The highest BCUT2D eigenvalue weighted by molar-refractivity contribution is 5.80.